The molecule has 7 rings (SSSR count). The minimum atomic E-state index is -0.274. The largest absolute Gasteiger partial charge is 0.493 e. The Morgan fingerprint density at radius 1 is 1.03 bits per heavy atom. The Kier molecular flexibility index (Phi) is 5.63. The van der Waals surface area contributed by atoms with Crippen molar-refractivity contribution < 1.29 is 13.9 Å². The number of aromatic nitrogens is 2. The summed E-state index contributed by atoms with van der Waals surface area (Å²) >= 11 is 0. The summed E-state index contributed by atoms with van der Waals surface area (Å²) in [6.45, 7) is 3.09. The molecule has 4 bridgehead atoms. The molecule has 0 radical (unpaired) electrons. The minimum Gasteiger partial charge on any atom is -0.493 e. The number of fused-ring (bicyclic) bond motifs is 1. The quantitative estimate of drug-likeness (QED) is 0.631. The van der Waals surface area contributed by atoms with Gasteiger partial charge < -0.3 is 14.8 Å². The lowest BCUT2D eigenvalue weighted by atomic mass is 9.49. The smallest absolute Gasteiger partial charge is 0.163 e. The number of methoxy groups -OCH3 is 2. The van der Waals surface area contributed by atoms with E-state index in [2.05, 4.69) is 20.2 Å². The van der Waals surface area contributed by atoms with Crippen molar-refractivity contribution in [1.82, 2.24) is 14.9 Å². The molecule has 0 amide bonds. The number of ether oxygens (including phenoxy) is 2. The molecule has 4 aliphatic carbocycles. The fourth-order valence-corrected chi connectivity index (χ4v) is 7.73. The Morgan fingerprint density at radius 2 is 1.71 bits per heavy atom. The highest BCUT2D eigenvalue weighted by Crippen LogP contribution is 2.60. The lowest BCUT2D eigenvalue weighted by Crippen LogP contribution is -2.49. The first-order valence-electron chi connectivity index (χ1n) is 12.7. The maximum atomic E-state index is 14.7. The first-order chi connectivity index (χ1) is 16.5. The van der Waals surface area contributed by atoms with Gasteiger partial charge in [0.1, 0.15) is 18.0 Å². The molecule has 2 aromatic rings. The molecular weight excluding hydrogens is 431 g/mol. The monoisotopic (exact) mass is 466 g/mol. The highest BCUT2D eigenvalue weighted by Gasteiger charge is 2.50. The molecule has 182 valence electrons. The second kappa shape index (κ2) is 8.67. The van der Waals surface area contributed by atoms with E-state index < -0.39 is 0 Å². The van der Waals surface area contributed by atoms with Crippen molar-refractivity contribution in [2.75, 3.05) is 32.6 Å². The lowest BCUT2D eigenvalue weighted by molar-refractivity contribution is -0.0444. The fourth-order valence-electron chi connectivity index (χ4n) is 7.73. The van der Waals surface area contributed by atoms with Crippen LogP contribution >= 0.6 is 0 Å². The summed E-state index contributed by atoms with van der Waals surface area (Å²) in [7, 11) is 3.10. The van der Waals surface area contributed by atoms with E-state index in [1.54, 1.807) is 19.5 Å². The average molecular weight is 467 g/mol. The summed E-state index contributed by atoms with van der Waals surface area (Å²) in [5.41, 5.74) is 3.36. The molecule has 4 fully saturated rings. The van der Waals surface area contributed by atoms with Crippen LogP contribution in [0.3, 0.4) is 0 Å². The SMILES string of the molecule is COc1cc(F)c(CN2CCc3c(ncnc3NCC34CC5CC(CC(C5)C3)C4)C2)cc1OC. The van der Waals surface area contributed by atoms with Crippen LogP contribution in [0.4, 0.5) is 10.2 Å². The molecule has 0 saturated heterocycles. The van der Waals surface area contributed by atoms with Gasteiger partial charge in [0.05, 0.1) is 19.9 Å². The molecule has 34 heavy (non-hydrogen) atoms. The summed E-state index contributed by atoms with van der Waals surface area (Å²) in [6, 6.07) is 3.14. The summed E-state index contributed by atoms with van der Waals surface area (Å²) in [5, 5.41) is 3.77. The van der Waals surface area contributed by atoms with Gasteiger partial charge in [-0.3, -0.25) is 4.90 Å². The highest BCUT2D eigenvalue weighted by atomic mass is 19.1. The van der Waals surface area contributed by atoms with Gasteiger partial charge in [-0.25, -0.2) is 14.4 Å². The van der Waals surface area contributed by atoms with Gasteiger partial charge >= 0.3 is 0 Å². The molecule has 1 aromatic heterocycles. The standard InChI is InChI=1S/C27H35FN4O2/c1-33-24-8-20(22(28)9-25(24)34-2)13-32-4-3-21-23(14-32)30-16-31-26(21)29-15-27-10-17-5-18(11-27)7-19(6-17)12-27/h8-9,16-19H,3-7,10-15H2,1-2H3,(H,29,30,31). The molecule has 0 atom stereocenters. The Hall–Kier alpha value is -2.41. The third-order valence-corrected chi connectivity index (χ3v) is 8.83. The zero-order valence-corrected chi connectivity index (χ0v) is 20.3. The van der Waals surface area contributed by atoms with E-state index in [0.29, 0.717) is 35.6 Å². The number of halogens is 1. The van der Waals surface area contributed by atoms with Crippen LogP contribution in [0.15, 0.2) is 18.5 Å². The normalized spacial score (nSPS) is 29.7. The van der Waals surface area contributed by atoms with Gasteiger partial charge in [-0.05, 0) is 74.2 Å². The number of nitrogens with one attached hydrogen (secondary N) is 1. The summed E-state index contributed by atoms with van der Waals surface area (Å²) < 4.78 is 25.3. The highest BCUT2D eigenvalue weighted by molar-refractivity contribution is 5.48. The van der Waals surface area contributed by atoms with Crippen molar-refractivity contribution >= 4 is 5.82 Å². The summed E-state index contributed by atoms with van der Waals surface area (Å²) in [6.07, 6.45) is 11.1. The van der Waals surface area contributed by atoms with E-state index in [9.17, 15) is 4.39 Å². The maximum Gasteiger partial charge on any atom is 0.163 e. The molecule has 0 unspecified atom stereocenters. The van der Waals surface area contributed by atoms with E-state index in [-0.39, 0.29) is 5.82 Å². The Balaban J connectivity index is 1.14. The van der Waals surface area contributed by atoms with Gasteiger partial charge in [0.2, 0.25) is 0 Å². The molecule has 4 saturated carbocycles. The van der Waals surface area contributed by atoms with Crippen LogP contribution in [0, 0.1) is 29.0 Å². The molecule has 1 N–H and O–H groups in total. The minimum absolute atomic E-state index is 0.274. The first-order valence-corrected chi connectivity index (χ1v) is 12.7. The number of hydrogen-bond donors (Lipinski definition) is 1. The molecule has 6 nitrogen and oxygen atoms in total. The van der Waals surface area contributed by atoms with Gasteiger partial charge in [-0.2, -0.15) is 0 Å². The number of anilines is 1. The van der Waals surface area contributed by atoms with E-state index in [1.165, 1.54) is 57.3 Å². The molecule has 0 spiro atoms. The Morgan fingerprint density at radius 3 is 2.38 bits per heavy atom. The van der Waals surface area contributed by atoms with Crippen LogP contribution in [0.25, 0.3) is 0 Å². The van der Waals surface area contributed by atoms with Crippen LogP contribution in [0.2, 0.25) is 0 Å². The summed E-state index contributed by atoms with van der Waals surface area (Å²) in [4.78, 5) is 11.5. The fraction of sp³-hybridized carbons (Fsp3) is 0.630. The van der Waals surface area contributed by atoms with Crippen molar-refractivity contribution in [3.05, 3.63) is 41.1 Å². The summed E-state index contributed by atoms with van der Waals surface area (Å²) in [5.74, 6) is 4.57. The second-order valence-corrected chi connectivity index (χ2v) is 11.2. The number of hydrogen-bond acceptors (Lipinski definition) is 6. The van der Waals surface area contributed by atoms with E-state index in [0.717, 1.165) is 48.8 Å². The van der Waals surface area contributed by atoms with Crippen LogP contribution < -0.4 is 14.8 Å². The molecule has 5 aliphatic rings. The van der Waals surface area contributed by atoms with E-state index in [4.69, 9.17) is 9.47 Å². The van der Waals surface area contributed by atoms with Crippen molar-refractivity contribution in [2.45, 2.75) is 58.0 Å². The zero-order chi connectivity index (χ0) is 23.3. The molecule has 2 heterocycles. The van der Waals surface area contributed by atoms with Crippen LogP contribution in [0.1, 0.15) is 55.3 Å². The predicted molar refractivity (Wildman–Crippen MR) is 128 cm³/mol. The van der Waals surface area contributed by atoms with Gasteiger partial charge in [0.15, 0.2) is 11.5 Å². The van der Waals surface area contributed by atoms with Gasteiger partial charge in [0.25, 0.3) is 0 Å². The molecule has 1 aliphatic heterocycles. The predicted octanol–water partition coefficient (Wildman–Crippen LogP) is 4.82. The van der Waals surface area contributed by atoms with Crippen molar-refractivity contribution in [3.8, 4) is 11.5 Å². The Labute approximate surface area is 201 Å². The van der Waals surface area contributed by atoms with Crippen LogP contribution in [-0.4, -0.2) is 42.2 Å². The van der Waals surface area contributed by atoms with Crippen molar-refractivity contribution in [3.63, 3.8) is 0 Å². The Bertz CT molecular complexity index is 1040. The maximum absolute atomic E-state index is 14.7. The van der Waals surface area contributed by atoms with Gasteiger partial charge in [0, 0.05) is 43.4 Å². The number of nitrogens with zero attached hydrogens (tertiary/aromatic N) is 3. The second-order valence-electron chi connectivity index (χ2n) is 11.2. The molecule has 7 heteroatoms. The van der Waals surface area contributed by atoms with Crippen molar-refractivity contribution in [1.29, 1.82) is 0 Å². The van der Waals surface area contributed by atoms with Crippen LogP contribution in [-0.2, 0) is 19.5 Å². The first kappa shape index (κ1) is 22.1. The molecular formula is C27H35FN4O2. The topological polar surface area (TPSA) is 59.5 Å². The third kappa shape index (κ3) is 4.02. The number of rotatable bonds is 7. The van der Waals surface area contributed by atoms with E-state index >= 15 is 0 Å². The molecule has 1 aromatic carbocycles. The van der Waals surface area contributed by atoms with Crippen molar-refractivity contribution in [2.24, 2.45) is 23.2 Å². The van der Waals surface area contributed by atoms with E-state index in [1.807, 2.05) is 0 Å². The van der Waals surface area contributed by atoms with Crippen LogP contribution in [0.5, 0.6) is 11.5 Å². The average Bonchev–Trinajstić information content (AvgIpc) is 2.82. The number of benzene rings is 1. The van der Waals surface area contributed by atoms with Gasteiger partial charge in [-0.15, -0.1) is 0 Å². The third-order valence-electron chi connectivity index (χ3n) is 8.83. The zero-order valence-electron chi connectivity index (χ0n) is 20.3. The van der Waals surface area contributed by atoms with Gasteiger partial charge in [-0.1, -0.05) is 0 Å². The lowest BCUT2D eigenvalue weighted by Gasteiger charge is -2.57.